The number of rotatable bonds is 16. The fourth-order valence-corrected chi connectivity index (χ4v) is 8.65. The largest absolute Gasteiger partial charge is 0.394 e. The normalized spacial score (nSPS) is 51.3. The van der Waals surface area contributed by atoms with Crippen molar-refractivity contribution in [3.05, 3.63) is 0 Å². The molecular weight excluding hydrogens is 964 g/mol. The van der Waals surface area contributed by atoms with Crippen LogP contribution in [-0.2, 0) is 56.8 Å². The van der Waals surface area contributed by atoms with Gasteiger partial charge in [-0.05, 0) is 0 Å². The van der Waals surface area contributed by atoms with E-state index in [0.717, 1.165) is 0 Å². The molecule has 0 amide bonds. The van der Waals surface area contributed by atoms with Crippen molar-refractivity contribution in [2.24, 2.45) is 5.92 Å². The second-order valence-corrected chi connectivity index (χ2v) is 17.5. The van der Waals surface area contributed by atoms with Gasteiger partial charge in [-0.3, -0.25) is 0 Å². The minimum Gasteiger partial charge on any atom is -0.394 e. The predicted molar refractivity (Wildman–Crippen MR) is 215 cm³/mol. The second kappa shape index (κ2) is 26.5. The van der Waals surface area contributed by atoms with Crippen LogP contribution in [0.15, 0.2) is 0 Å². The van der Waals surface area contributed by atoms with Crippen molar-refractivity contribution in [3.63, 3.8) is 0 Å². The molecule has 6 aliphatic rings. The lowest BCUT2D eigenvalue weighted by atomic mass is 9.91. The number of hydrogen-bond acceptors (Lipinski definition) is 31. The summed E-state index contributed by atoms with van der Waals surface area (Å²) in [4.78, 5) is 0. The molecule has 0 aromatic heterocycles. The molecule has 0 radical (unpaired) electrons. The molecule has 6 fully saturated rings. The zero-order valence-corrected chi connectivity index (χ0v) is 38.0. The Balaban J connectivity index is 0.000000319. The predicted octanol–water partition coefficient (Wildman–Crippen LogP) is -12.6. The number of aliphatic hydroxyl groups excluding tert-OH is 19. The van der Waals surface area contributed by atoms with E-state index in [1.807, 2.05) is 0 Å². The highest BCUT2D eigenvalue weighted by molar-refractivity contribution is 4.98. The summed E-state index contributed by atoms with van der Waals surface area (Å²) < 4.78 is 64.0. The van der Waals surface area contributed by atoms with Crippen LogP contribution in [0.4, 0.5) is 0 Å². The molecule has 6 saturated heterocycles. The van der Waals surface area contributed by atoms with Crippen LogP contribution in [-0.4, -0.2) is 329 Å². The average molecular weight is 1030 g/mol. The van der Waals surface area contributed by atoms with Gasteiger partial charge in [0.05, 0.1) is 51.8 Å². The minimum absolute atomic E-state index is 0.396. The van der Waals surface area contributed by atoms with Gasteiger partial charge in [-0.2, -0.15) is 0 Å². The summed E-state index contributed by atoms with van der Waals surface area (Å²) in [7, 11) is 2.44. The molecule has 31 heteroatoms. The highest BCUT2D eigenvalue weighted by atomic mass is 16.8. The van der Waals surface area contributed by atoms with Gasteiger partial charge in [-0.15, -0.1) is 0 Å². The molecule has 19 N–H and O–H groups in total. The van der Waals surface area contributed by atoms with Crippen LogP contribution in [0.5, 0.6) is 0 Å². The van der Waals surface area contributed by atoms with Crippen molar-refractivity contribution in [2.75, 3.05) is 53.9 Å². The Morgan fingerprint density at radius 2 is 0.714 bits per heavy atom. The highest BCUT2D eigenvalue weighted by Crippen LogP contribution is 2.35. The zero-order valence-electron chi connectivity index (χ0n) is 38.0. The highest BCUT2D eigenvalue weighted by Gasteiger charge is 2.55. The number of ether oxygens (including phenoxy) is 12. The molecule has 0 aromatic rings. The molecule has 0 bridgehead atoms. The van der Waals surface area contributed by atoms with Gasteiger partial charge in [0.2, 0.25) is 0 Å². The van der Waals surface area contributed by atoms with Crippen LogP contribution in [0, 0.1) is 5.92 Å². The smallest absolute Gasteiger partial charge is 0.187 e. The first-order chi connectivity index (χ1) is 33.1. The summed E-state index contributed by atoms with van der Waals surface area (Å²) in [5.41, 5.74) is 0. The van der Waals surface area contributed by atoms with Crippen LogP contribution in [0.25, 0.3) is 0 Å². The van der Waals surface area contributed by atoms with Crippen molar-refractivity contribution < 1.29 is 154 Å². The summed E-state index contributed by atoms with van der Waals surface area (Å²) in [6, 6.07) is 0. The topological polar surface area (TPSA) is 495 Å². The van der Waals surface area contributed by atoms with E-state index in [9.17, 15) is 97.0 Å². The first-order valence-corrected chi connectivity index (χ1v) is 22.3. The molecule has 6 aliphatic heterocycles. The van der Waals surface area contributed by atoms with E-state index >= 15 is 0 Å². The van der Waals surface area contributed by atoms with Gasteiger partial charge in [0.15, 0.2) is 37.7 Å². The van der Waals surface area contributed by atoms with Gasteiger partial charge < -0.3 is 154 Å². The van der Waals surface area contributed by atoms with Gasteiger partial charge in [0.25, 0.3) is 0 Å². The fraction of sp³-hybridized carbons (Fsp3) is 1.00. The Hall–Kier alpha value is -1.24. The maximum atomic E-state index is 11.1. The standard InChI is InChI=1S/C25H44O21.C14H26O10/c1-39-19-11(30)7(3-27)43-24(17(19)36)46-21-12(31)8(4-28)44-25(18(21)37)45-20-13(32)9(41-22(38)16(20)35)5-40-23-15(34)14(33)10(29)6(2-26)42-23;1-5-6(3-15)22-14(10(19)8(5)17)24-12-7(4-16)23-13(21-2)11(20)9(12)18/h6-38H,2-5H2,1H3;5-20H,3-4H2,1-2H3/t6?,7?,8?,9?,10-,11-,12-,13-,14+,15?,16?,17?,18?,19+,20+,21+,22-,23-,24+,25+;5-,6?,7?,8+,9?,10?,11?,12-,13-,14+/m11/s1. The zero-order chi connectivity index (χ0) is 52.0. The Bertz CT molecular complexity index is 1520. The van der Waals surface area contributed by atoms with E-state index in [2.05, 4.69) is 0 Å². The third-order valence-corrected chi connectivity index (χ3v) is 13.0. The maximum Gasteiger partial charge on any atom is 0.187 e. The van der Waals surface area contributed by atoms with E-state index in [-0.39, 0.29) is 0 Å². The molecule has 0 spiro atoms. The van der Waals surface area contributed by atoms with E-state index in [4.69, 9.17) is 56.8 Å². The molecule has 0 saturated carbocycles. The number of methoxy groups -OCH3 is 2. The van der Waals surface area contributed by atoms with E-state index < -0.39 is 224 Å². The van der Waals surface area contributed by atoms with Crippen molar-refractivity contribution in [2.45, 2.75) is 185 Å². The van der Waals surface area contributed by atoms with Crippen molar-refractivity contribution in [1.29, 1.82) is 0 Å². The molecule has 31 nitrogen and oxygen atoms in total. The first kappa shape index (κ1) is 59.6. The summed E-state index contributed by atoms with van der Waals surface area (Å²) in [5, 5.41) is 192. The molecule has 13 unspecified atom stereocenters. The molecule has 0 aliphatic carbocycles. The first-order valence-electron chi connectivity index (χ1n) is 22.3. The summed E-state index contributed by atoms with van der Waals surface area (Å²) >= 11 is 0. The maximum absolute atomic E-state index is 11.1. The van der Waals surface area contributed by atoms with Crippen molar-refractivity contribution >= 4 is 0 Å². The molecule has 70 heavy (non-hydrogen) atoms. The second-order valence-electron chi connectivity index (χ2n) is 17.5. The van der Waals surface area contributed by atoms with Crippen LogP contribution in [0.1, 0.15) is 6.92 Å². The van der Waals surface area contributed by atoms with Gasteiger partial charge in [-0.25, -0.2) is 0 Å². The van der Waals surface area contributed by atoms with Crippen LogP contribution >= 0.6 is 0 Å². The fourth-order valence-electron chi connectivity index (χ4n) is 8.65. The molecule has 6 heterocycles. The van der Waals surface area contributed by atoms with E-state index in [1.165, 1.54) is 14.2 Å². The third kappa shape index (κ3) is 12.9. The lowest BCUT2D eigenvalue weighted by Crippen LogP contribution is -2.67. The number of aliphatic hydroxyl groups is 19. The number of hydrogen-bond donors (Lipinski definition) is 19. The Labute approximate surface area is 398 Å². The monoisotopic (exact) mass is 1030 g/mol. The molecule has 0 aromatic carbocycles. The summed E-state index contributed by atoms with van der Waals surface area (Å²) in [6.07, 6.45) is -45.0. The summed E-state index contributed by atoms with van der Waals surface area (Å²) in [6.45, 7) is -2.34. The minimum atomic E-state index is -2.03. The van der Waals surface area contributed by atoms with Gasteiger partial charge in [0, 0.05) is 20.1 Å². The Morgan fingerprint density at radius 3 is 1.24 bits per heavy atom. The van der Waals surface area contributed by atoms with Crippen molar-refractivity contribution in [3.8, 4) is 0 Å². The van der Waals surface area contributed by atoms with Gasteiger partial charge >= 0.3 is 0 Å². The van der Waals surface area contributed by atoms with Crippen molar-refractivity contribution in [1.82, 2.24) is 0 Å². The molecule has 412 valence electrons. The van der Waals surface area contributed by atoms with E-state index in [1.54, 1.807) is 6.92 Å². The quantitative estimate of drug-likeness (QED) is 0.0682. The Morgan fingerprint density at radius 1 is 0.314 bits per heavy atom. The molecular formula is C39H70O31. The van der Waals surface area contributed by atoms with E-state index in [0.29, 0.717) is 0 Å². The Kier molecular flexibility index (Phi) is 22.6. The van der Waals surface area contributed by atoms with Crippen LogP contribution in [0.3, 0.4) is 0 Å². The van der Waals surface area contributed by atoms with Gasteiger partial charge in [-0.1, -0.05) is 6.92 Å². The van der Waals surface area contributed by atoms with Gasteiger partial charge in [0.1, 0.15) is 128 Å². The summed E-state index contributed by atoms with van der Waals surface area (Å²) in [5.74, 6) is -0.533. The lowest BCUT2D eigenvalue weighted by molar-refractivity contribution is -0.381. The lowest BCUT2D eigenvalue weighted by Gasteiger charge is -2.48. The molecule has 30 atom stereocenters. The van der Waals surface area contributed by atoms with Crippen LogP contribution < -0.4 is 0 Å². The third-order valence-electron chi connectivity index (χ3n) is 13.0. The molecule has 6 rings (SSSR count). The SMILES string of the molecule is CO[C@@H]1C(O)[C@H](O[C@@H]2C(O)[C@H](O[C@@H]3C(O)[C@H](O)OC(CO[C@@H]4OC(CO)[C@@H](O)[C@H](O)C4O)[C@H]3O)OC(CO)[C@H]2O)OC(CO)[C@H]1O.CO[C@@H]1OC(CO)[C@@H](O[C@@H]2OC(CO)[C@@H](C)[C@H](O)C2O)C(O)C1O. The van der Waals surface area contributed by atoms with Crippen LogP contribution in [0.2, 0.25) is 0 Å². The average Bonchev–Trinajstić information content (AvgIpc) is 3.35.